The molecule has 0 aliphatic carbocycles. The number of aromatic nitrogens is 2. The molecule has 25 heteroatoms. The van der Waals surface area contributed by atoms with Gasteiger partial charge in [0, 0.05) is 81.5 Å². The molecule has 4 heterocycles. The molecule has 0 radical (unpaired) electrons. The molecule has 8 rings (SSSR count). The van der Waals surface area contributed by atoms with Crippen LogP contribution in [0.25, 0.3) is 0 Å². The molecule has 2 fully saturated rings. The number of hydrogen-bond donors (Lipinski definition) is 0. The topological polar surface area (TPSA) is 116 Å². The number of methoxy groups -OCH3 is 1. The highest BCUT2D eigenvalue weighted by Gasteiger charge is 2.40. The zero-order valence-corrected chi connectivity index (χ0v) is 38.2. The van der Waals surface area contributed by atoms with E-state index in [2.05, 4.69) is 16.0 Å². The first-order valence-electron chi connectivity index (χ1n) is 19.8. The van der Waals surface area contributed by atoms with Gasteiger partial charge in [-0.25, -0.2) is 70.7 Å². The summed E-state index contributed by atoms with van der Waals surface area (Å²) < 4.78 is 194. The third kappa shape index (κ3) is 10.1. The Bertz CT molecular complexity index is 2980. The van der Waals surface area contributed by atoms with Crippen molar-refractivity contribution in [2.75, 3.05) is 69.3 Å². The first kappa shape index (κ1) is 49.6. The van der Waals surface area contributed by atoms with Crippen molar-refractivity contribution in [1.82, 2.24) is 18.6 Å². The maximum Gasteiger partial charge on any atom is 0.249 e. The van der Waals surface area contributed by atoms with Gasteiger partial charge in [-0.05, 0) is 18.6 Å². The molecule has 0 atom stereocenters. The lowest BCUT2D eigenvalue weighted by Crippen LogP contribution is -2.49. The number of anilines is 2. The maximum atomic E-state index is 14.1. The number of piperazine rings is 2. The molecule has 2 aromatic heterocycles. The number of para-hydroxylation sites is 1. The van der Waals surface area contributed by atoms with Gasteiger partial charge in [-0.15, -0.1) is 22.7 Å². The largest absolute Gasteiger partial charge is 0.496 e. The summed E-state index contributed by atoms with van der Waals surface area (Å²) in [6, 6.07) is 15.5. The number of nitrogens with zero attached hydrogens (tertiary/aromatic N) is 6. The van der Waals surface area contributed by atoms with Gasteiger partial charge >= 0.3 is 0 Å². The van der Waals surface area contributed by atoms with Crippen LogP contribution in [0.15, 0.2) is 69.1 Å². The lowest BCUT2D eigenvalue weighted by Gasteiger charge is -2.33. The van der Waals surface area contributed by atoms with Crippen molar-refractivity contribution in [2.24, 2.45) is 0 Å². The second-order valence-corrected chi connectivity index (χ2v) is 20.4. The van der Waals surface area contributed by atoms with E-state index >= 15 is 0 Å². The standard InChI is InChI=1S/C21H18F5N3O3S2.C21H18F5N3O2S2/c1-32-14-5-3-2-4-12(14)10-13-11-33-21(27-13)28-6-8-29(9-7-28)34(30,31)20-18(25)16(23)15(22)17(24)19(20)26;1-12-3-2-4-13(9-12)10-14-11-32-21(27-14)28-5-7-29(8-6-28)33(30,31)20-18(25)16(23)15(22)17(24)19(20)26/h2-5,11H,6-10H2,1H3;2-4,9,11H,5-8,10H2,1H3. The fraction of sp³-hybridized carbons (Fsp3) is 0.286. The van der Waals surface area contributed by atoms with E-state index < -0.39 is 88.0 Å². The average molecular weight is 1020 g/mol. The molecule has 0 saturated carbocycles. The second kappa shape index (κ2) is 20.1. The van der Waals surface area contributed by atoms with Gasteiger partial charge in [0.15, 0.2) is 66.6 Å². The minimum Gasteiger partial charge on any atom is -0.496 e. The van der Waals surface area contributed by atoms with Crippen LogP contribution in [0, 0.1) is 65.1 Å². The molecule has 67 heavy (non-hydrogen) atoms. The van der Waals surface area contributed by atoms with Gasteiger partial charge in [0.25, 0.3) is 0 Å². The van der Waals surface area contributed by atoms with Crippen LogP contribution in [0.1, 0.15) is 28.1 Å². The van der Waals surface area contributed by atoms with Crippen LogP contribution in [0.4, 0.5) is 54.2 Å². The minimum atomic E-state index is -4.95. The van der Waals surface area contributed by atoms with Gasteiger partial charge in [-0.3, -0.25) is 0 Å². The van der Waals surface area contributed by atoms with E-state index in [1.165, 1.54) is 22.7 Å². The normalized spacial score (nSPS) is 15.2. The van der Waals surface area contributed by atoms with Crippen molar-refractivity contribution in [1.29, 1.82) is 0 Å². The van der Waals surface area contributed by atoms with Crippen LogP contribution in [-0.2, 0) is 32.9 Å². The van der Waals surface area contributed by atoms with Gasteiger partial charge in [-0.1, -0.05) is 48.0 Å². The Hall–Kier alpha value is -5.34. The van der Waals surface area contributed by atoms with Crippen molar-refractivity contribution in [2.45, 2.75) is 29.6 Å². The lowest BCUT2D eigenvalue weighted by molar-refractivity contribution is 0.344. The Morgan fingerprint density at radius 3 is 1.36 bits per heavy atom. The highest BCUT2D eigenvalue weighted by molar-refractivity contribution is 7.89. The van der Waals surface area contributed by atoms with E-state index in [1.807, 2.05) is 65.0 Å². The molecule has 0 N–H and O–H groups in total. The van der Waals surface area contributed by atoms with Crippen molar-refractivity contribution in [3.63, 3.8) is 0 Å². The maximum absolute atomic E-state index is 14.1. The first-order chi connectivity index (χ1) is 31.7. The Kier molecular flexibility index (Phi) is 14.9. The van der Waals surface area contributed by atoms with Crippen LogP contribution in [0.5, 0.6) is 5.75 Å². The van der Waals surface area contributed by atoms with Gasteiger partial charge in [0.2, 0.25) is 31.7 Å². The third-order valence-electron chi connectivity index (χ3n) is 10.7. The summed E-state index contributed by atoms with van der Waals surface area (Å²) in [5.74, 6) is -22.8. The number of ether oxygens (including phenoxy) is 1. The van der Waals surface area contributed by atoms with Crippen LogP contribution in [0.2, 0.25) is 0 Å². The third-order valence-corrected chi connectivity index (χ3v) is 16.4. The Balaban J connectivity index is 0.000000199. The number of hydrogen-bond acceptors (Lipinski definition) is 11. The van der Waals surface area contributed by atoms with Crippen LogP contribution < -0.4 is 14.5 Å². The number of thiazole rings is 2. The fourth-order valence-corrected chi connectivity index (χ4v) is 12.1. The van der Waals surface area contributed by atoms with Crippen molar-refractivity contribution in [3.05, 3.63) is 146 Å². The molecule has 2 aliphatic rings. The van der Waals surface area contributed by atoms with E-state index in [0.717, 1.165) is 33.8 Å². The number of halogens is 10. The van der Waals surface area contributed by atoms with Gasteiger partial charge in [0.1, 0.15) is 5.75 Å². The molecule has 0 bridgehead atoms. The predicted octanol–water partition coefficient (Wildman–Crippen LogP) is 8.20. The van der Waals surface area contributed by atoms with Gasteiger partial charge in [-0.2, -0.15) is 8.61 Å². The Morgan fingerprint density at radius 2 is 0.940 bits per heavy atom. The summed E-state index contributed by atoms with van der Waals surface area (Å²) in [6.07, 6.45) is 1.15. The monoisotopic (exact) mass is 1020 g/mol. The molecule has 11 nitrogen and oxygen atoms in total. The molecule has 0 amide bonds. The van der Waals surface area contributed by atoms with Crippen LogP contribution in [-0.4, -0.2) is 94.9 Å². The van der Waals surface area contributed by atoms with Crippen LogP contribution in [0.3, 0.4) is 0 Å². The minimum absolute atomic E-state index is 0.121. The first-order valence-corrected chi connectivity index (χ1v) is 24.5. The van der Waals surface area contributed by atoms with E-state index in [4.69, 9.17) is 4.74 Å². The van der Waals surface area contributed by atoms with E-state index in [-0.39, 0.29) is 52.4 Å². The molecular weight excluding hydrogens is 987 g/mol. The lowest BCUT2D eigenvalue weighted by atomic mass is 10.1. The molecule has 0 unspecified atom stereocenters. The smallest absolute Gasteiger partial charge is 0.249 e. The molecule has 4 aromatic carbocycles. The summed E-state index contributed by atoms with van der Waals surface area (Å²) in [5.41, 5.74) is 4.80. The van der Waals surface area contributed by atoms with Gasteiger partial charge in [0.05, 0.1) is 18.5 Å². The van der Waals surface area contributed by atoms with Crippen molar-refractivity contribution >= 4 is 53.0 Å². The second-order valence-electron chi connectivity index (χ2n) is 15.0. The van der Waals surface area contributed by atoms with Gasteiger partial charge < -0.3 is 14.5 Å². The fourth-order valence-electron chi connectivity index (χ4n) is 7.24. The Morgan fingerprint density at radius 1 is 0.537 bits per heavy atom. The summed E-state index contributed by atoms with van der Waals surface area (Å²) in [5, 5.41) is 5.04. The highest BCUT2D eigenvalue weighted by atomic mass is 32.2. The zero-order valence-electron chi connectivity index (χ0n) is 35.0. The van der Waals surface area contributed by atoms with Crippen molar-refractivity contribution in [3.8, 4) is 5.75 Å². The number of aryl methyl sites for hydroxylation is 1. The average Bonchev–Trinajstić information content (AvgIpc) is 3.99. The molecule has 358 valence electrons. The molecular formula is C42H36F10N6O5S4. The summed E-state index contributed by atoms with van der Waals surface area (Å²) in [6.45, 7) is 1.69. The number of benzene rings is 4. The number of sulfonamides is 2. The summed E-state index contributed by atoms with van der Waals surface area (Å²) in [7, 11) is -8.32. The molecule has 0 spiro atoms. The number of rotatable bonds is 11. The SMILES string of the molecule is COc1ccccc1Cc1csc(N2CCN(S(=O)(=O)c3c(F)c(F)c(F)c(F)c3F)CC2)n1.Cc1cccc(Cc2csc(N3CCN(S(=O)(=O)c4c(F)c(F)c(F)c(F)c4F)CC3)n2)c1. The highest BCUT2D eigenvalue weighted by Crippen LogP contribution is 2.33. The van der Waals surface area contributed by atoms with E-state index in [0.29, 0.717) is 31.7 Å². The quantitative estimate of drug-likeness (QED) is 0.0720. The van der Waals surface area contributed by atoms with E-state index in [9.17, 15) is 60.7 Å². The predicted molar refractivity (Wildman–Crippen MR) is 228 cm³/mol. The summed E-state index contributed by atoms with van der Waals surface area (Å²) >= 11 is 2.73. The van der Waals surface area contributed by atoms with Crippen molar-refractivity contribution < 1.29 is 65.5 Å². The zero-order chi connectivity index (χ0) is 48.5. The molecule has 6 aromatic rings. The summed E-state index contributed by atoms with van der Waals surface area (Å²) in [4.78, 5) is 9.09. The van der Waals surface area contributed by atoms with E-state index in [1.54, 1.807) is 12.0 Å². The van der Waals surface area contributed by atoms with Crippen LogP contribution >= 0.6 is 22.7 Å². The molecule has 2 aliphatic heterocycles. The molecule has 2 saturated heterocycles. The Labute approximate surface area is 385 Å².